The summed E-state index contributed by atoms with van der Waals surface area (Å²) in [6.07, 6.45) is 3.50. The van der Waals surface area contributed by atoms with Gasteiger partial charge in [0.25, 0.3) is 17.4 Å². The summed E-state index contributed by atoms with van der Waals surface area (Å²) in [6, 6.07) is 1.92. The van der Waals surface area contributed by atoms with E-state index >= 15 is 0 Å². The maximum Gasteiger partial charge on any atom is 0.312 e. The minimum atomic E-state index is -0.833. The van der Waals surface area contributed by atoms with Gasteiger partial charge in [-0.2, -0.15) is 0 Å². The van der Waals surface area contributed by atoms with Crippen LogP contribution < -0.4 is 10.9 Å². The second kappa shape index (κ2) is 11.6. The first-order chi connectivity index (χ1) is 14.8. The molecular weight excluding hydrogens is 406 g/mol. The third-order valence-corrected chi connectivity index (χ3v) is 5.33. The summed E-state index contributed by atoms with van der Waals surface area (Å²) >= 11 is 0. The molecule has 0 spiro atoms. The van der Waals surface area contributed by atoms with Crippen LogP contribution in [-0.2, 0) is 19.1 Å². The number of carboxylic acid groups (broad SMARTS) is 1. The van der Waals surface area contributed by atoms with Crippen molar-refractivity contribution in [3.8, 4) is 0 Å². The highest BCUT2D eigenvalue weighted by Crippen LogP contribution is 2.19. The van der Waals surface area contributed by atoms with Crippen LogP contribution in [-0.4, -0.2) is 78.9 Å². The molecule has 0 aromatic carbocycles. The lowest BCUT2D eigenvalue weighted by atomic mass is 10.0. The summed E-state index contributed by atoms with van der Waals surface area (Å²) in [6.45, 7) is 5.64. The van der Waals surface area contributed by atoms with Gasteiger partial charge in [0, 0.05) is 32.3 Å². The molecule has 1 amide bonds. The van der Waals surface area contributed by atoms with E-state index in [2.05, 4.69) is 5.32 Å². The molecule has 31 heavy (non-hydrogen) atoms. The highest BCUT2D eigenvalue weighted by Gasteiger charge is 2.31. The number of aromatic nitrogens is 1. The fourth-order valence-corrected chi connectivity index (χ4v) is 3.74. The summed E-state index contributed by atoms with van der Waals surface area (Å²) in [5, 5.41) is 10.7. The zero-order valence-electron chi connectivity index (χ0n) is 18.3. The summed E-state index contributed by atoms with van der Waals surface area (Å²) in [5.74, 6) is -2.14. The Morgan fingerprint density at radius 1 is 1.26 bits per heavy atom. The zero-order valence-corrected chi connectivity index (χ0v) is 18.3. The van der Waals surface area contributed by atoms with Crippen molar-refractivity contribution >= 4 is 17.8 Å². The van der Waals surface area contributed by atoms with Crippen LogP contribution in [0.5, 0.6) is 0 Å². The number of aliphatic carboxylic acids is 1. The van der Waals surface area contributed by atoms with E-state index in [4.69, 9.17) is 19.4 Å². The molecule has 0 saturated carbocycles. The minimum Gasteiger partial charge on any atom is -0.481 e. The zero-order chi connectivity index (χ0) is 23.0. The second-order valence-corrected chi connectivity index (χ2v) is 7.63. The Morgan fingerprint density at radius 2 is 1.90 bits per heavy atom. The number of carboxylic acids is 1. The summed E-state index contributed by atoms with van der Waals surface area (Å²) in [5.41, 5.74) is 0.572. The first-order valence-corrected chi connectivity index (χ1v) is 10.3. The van der Waals surface area contributed by atoms with E-state index in [9.17, 15) is 14.4 Å². The maximum atomic E-state index is 13.2. The number of nitrogens with zero attached hydrogens (tertiary/aromatic N) is 2. The van der Waals surface area contributed by atoms with Crippen molar-refractivity contribution in [3.05, 3.63) is 33.7 Å². The van der Waals surface area contributed by atoms with E-state index < -0.39 is 17.9 Å². The van der Waals surface area contributed by atoms with Crippen LogP contribution >= 0.6 is 0 Å². The number of rotatable bonds is 3. The Morgan fingerprint density at radius 3 is 2.52 bits per heavy atom. The van der Waals surface area contributed by atoms with Crippen LogP contribution in [0.25, 0.3) is 0 Å². The molecule has 0 aliphatic carbocycles. The number of pyridine rings is 1. The van der Waals surface area contributed by atoms with Gasteiger partial charge in [0.15, 0.2) is 0 Å². The molecule has 10 heteroatoms. The van der Waals surface area contributed by atoms with E-state index in [-0.39, 0.29) is 36.2 Å². The van der Waals surface area contributed by atoms with Gasteiger partial charge in [-0.1, -0.05) is 0 Å². The number of nitrogens with one attached hydrogen (secondary N) is 1. The Balaban J connectivity index is 0.000000785. The Kier molecular flexibility index (Phi) is 9.20. The van der Waals surface area contributed by atoms with E-state index in [0.717, 1.165) is 32.9 Å². The average Bonchev–Trinajstić information content (AvgIpc) is 3.00. The van der Waals surface area contributed by atoms with Crippen LogP contribution in [0, 0.1) is 12.8 Å². The Bertz CT molecular complexity index is 842. The number of esters is 1. The number of piperidine rings is 1. The lowest BCUT2D eigenvalue weighted by Crippen LogP contribution is -2.43. The van der Waals surface area contributed by atoms with Crippen molar-refractivity contribution < 1.29 is 29.0 Å². The van der Waals surface area contributed by atoms with E-state index in [1.807, 2.05) is 6.07 Å². The molecule has 2 N–H and O–H groups in total. The molecule has 3 heterocycles. The van der Waals surface area contributed by atoms with Crippen LogP contribution in [0.4, 0.5) is 0 Å². The normalized spacial score (nSPS) is 19.6. The number of aryl methyl sites for hydroxylation is 1. The number of carbonyl (C=O) groups is 3. The predicted octanol–water partition coefficient (Wildman–Crippen LogP) is 0.434. The third-order valence-electron chi connectivity index (χ3n) is 5.33. The molecule has 2 aliphatic heterocycles. The third kappa shape index (κ3) is 6.63. The van der Waals surface area contributed by atoms with Gasteiger partial charge in [-0.15, -0.1) is 0 Å². The van der Waals surface area contributed by atoms with Gasteiger partial charge in [0.2, 0.25) is 0 Å². The lowest BCUT2D eigenvalue weighted by molar-refractivity contribution is -0.147. The molecule has 3 rings (SSSR count). The minimum absolute atomic E-state index is 0.0983. The summed E-state index contributed by atoms with van der Waals surface area (Å²) in [7, 11) is 1.32. The molecule has 1 aromatic rings. The number of hydrogen-bond donors (Lipinski definition) is 2. The first kappa shape index (κ1) is 24.5. The van der Waals surface area contributed by atoms with Gasteiger partial charge < -0.3 is 29.4 Å². The van der Waals surface area contributed by atoms with Gasteiger partial charge in [-0.3, -0.25) is 19.2 Å². The van der Waals surface area contributed by atoms with E-state index in [1.165, 1.54) is 12.0 Å². The highest BCUT2D eigenvalue weighted by molar-refractivity contribution is 5.95. The molecule has 172 valence electrons. The molecule has 0 radical (unpaired) electrons. The van der Waals surface area contributed by atoms with Crippen molar-refractivity contribution in [1.29, 1.82) is 0 Å². The van der Waals surface area contributed by atoms with Crippen molar-refractivity contribution in [2.24, 2.45) is 5.92 Å². The summed E-state index contributed by atoms with van der Waals surface area (Å²) < 4.78 is 11.9. The van der Waals surface area contributed by atoms with Gasteiger partial charge in [-0.05, 0) is 44.5 Å². The molecule has 2 aliphatic rings. The maximum absolute atomic E-state index is 13.2. The molecule has 2 fully saturated rings. The fourth-order valence-electron chi connectivity index (χ4n) is 3.74. The second-order valence-electron chi connectivity index (χ2n) is 7.63. The van der Waals surface area contributed by atoms with Gasteiger partial charge in [0.05, 0.1) is 26.2 Å². The van der Waals surface area contributed by atoms with Gasteiger partial charge in [0.1, 0.15) is 5.56 Å². The number of hydrogen-bond acceptors (Lipinski definition) is 7. The Labute approximate surface area is 181 Å². The topological polar surface area (TPSA) is 127 Å². The number of methoxy groups -OCH3 is 1. The van der Waals surface area contributed by atoms with Crippen LogP contribution in [0.1, 0.15) is 41.7 Å². The number of amides is 1. The lowest BCUT2D eigenvalue weighted by Gasteiger charge is -2.27. The molecular formula is C21H31N3O7. The number of carbonyl (C=O) groups excluding carboxylic acids is 2. The molecule has 1 unspecified atom stereocenters. The molecule has 0 bridgehead atoms. The van der Waals surface area contributed by atoms with E-state index in [1.54, 1.807) is 17.7 Å². The van der Waals surface area contributed by atoms with Crippen molar-refractivity contribution in [2.45, 2.75) is 32.7 Å². The summed E-state index contributed by atoms with van der Waals surface area (Å²) in [4.78, 5) is 48.7. The van der Waals surface area contributed by atoms with Gasteiger partial charge >= 0.3 is 5.97 Å². The fraction of sp³-hybridized carbons (Fsp3) is 0.619. The van der Waals surface area contributed by atoms with Crippen LogP contribution in [0.15, 0.2) is 17.1 Å². The van der Waals surface area contributed by atoms with Crippen molar-refractivity contribution in [3.63, 3.8) is 0 Å². The molecule has 1 atom stereocenters. The molecule has 1 aromatic heterocycles. The van der Waals surface area contributed by atoms with Crippen molar-refractivity contribution in [2.75, 3.05) is 46.5 Å². The first-order valence-electron chi connectivity index (χ1n) is 10.3. The highest BCUT2D eigenvalue weighted by atomic mass is 16.5. The molecule has 10 nitrogen and oxygen atoms in total. The monoisotopic (exact) mass is 437 g/mol. The van der Waals surface area contributed by atoms with Crippen molar-refractivity contribution in [1.82, 2.24) is 14.8 Å². The Hall–Kier alpha value is -2.72. The average molecular weight is 437 g/mol. The number of ether oxygens (including phenoxy) is 2. The van der Waals surface area contributed by atoms with E-state index in [0.29, 0.717) is 18.7 Å². The predicted molar refractivity (Wildman–Crippen MR) is 112 cm³/mol. The largest absolute Gasteiger partial charge is 0.481 e. The smallest absolute Gasteiger partial charge is 0.312 e. The SMILES string of the molecule is CC(=O)O.COC(=O)C1COCCN(C(=O)c2c(C)ccn(C3CCNCC3)c2=O)C1. The molecule has 2 saturated heterocycles. The van der Waals surface area contributed by atoms with Gasteiger partial charge in [-0.25, -0.2) is 0 Å². The van der Waals surface area contributed by atoms with Crippen LogP contribution in [0.3, 0.4) is 0 Å². The standard InChI is InChI=1S/C19H27N3O5.C2H4O2/c1-13-5-8-22(15-3-6-20-7-4-15)18(24)16(13)17(23)21-9-10-27-12-14(11-21)19(25)26-2;1-2(3)4/h5,8,14-15,20H,3-4,6-7,9-12H2,1-2H3;1H3,(H,3,4). The van der Waals surface area contributed by atoms with Crippen LogP contribution in [0.2, 0.25) is 0 Å². The quantitative estimate of drug-likeness (QED) is 0.652.